The topological polar surface area (TPSA) is 131 Å². The number of H-pyrrole nitrogens is 1. The van der Waals surface area contributed by atoms with Crippen LogP contribution in [0.1, 0.15) is 17.3 Å². The van der Waals surface area contributed by atoms with Crippen molar-refractivity contribution in [3.05, 3.63) is 67.6 Å². The molecule has 0 aliphatic heterocycles. The summed E-state index contributed by atoms with van der Waals surface area (Å²) >= 11 is 5.64. The molecule has 0 saturated carbocycles. The van der Waals surface area contributed by atoms with E-state index in [9.17, 15) is 24.5 Å². The summed E-state index contributed by atoms with van der Waals surface area (Å²) < 4.78 is 4.96. The van der Waals surface area contributed by atoms with Crippen molar-refractivity contribution in [3.63, 3.8) is 0 Å². The minimum atomic E-state index is -1.20. The Balaban J connectivity index is 2.05. The maximum Gasteiger partial charge on any atom is 0.339 e. The van der Waals surface area contributed by atoms with Gasteiger partial charge in [0.1, 0.15) is 5.15 Å². The molecule has 2 rings (SSSR count). The first-order valence-electron chi connectivity index (χ1n) is 6.92. The number of anilines is 1. The molecule has 1 aromatic carbocycles. The summed E-state index contributed by atoms with van der Waals surface area (Å²) in [5, 5.41) is 13.1. The summed E-state index contributed by atoms with van der Waals surface area (Å²) in [6.07, 6.45) is -1.20. The van der Waals surface area contributed by atoms with Gasteiger partial charge in [-0.2, -0.15) is 0 Å². The lowest BCUT2D eigenvalue weighted by Crippen LogP contribution is -2.30. The average molecular weight is 366 g/mol. The highest BCUT2D eigenvalue weighted by molar-refractivity contribution is 6.29. The number of nitro groups is 1. The molecule has 2 N–H and O–H groups in total. The lowest BCUT2D eigenvalue weighted by molar-refractivity contribution is -0.384. The van der Waals surface area contributed by atoms with E-state index in [0.717, 1.165) is 6.07 Å². The van der Waals surface area contributed by atoms with Crippen LogP contribution in [0.3, 0.4) is 0 Å². The molecule has 25 heavy (non-hydrogen) atoms. The van der Waals surface area contributed by atoms with Crippen molar-refractivity contribution >= 4 is 34.9 Å². The van der Waals surface area contributed by atoms with Crippen LogP contribution in [0.2, 0.25) is 5.15 Å². The Kier molecular flexibility index (Phi) is 5.50. The van der Waals surface area contributed by atoms with Crippen LogP contribution in [0.25, 0.3) is 0 Å². The number of aromatic nitrogens is 1. The fraction of sp³-hybridized carbons (Fsp3) is 0.133. The van der Waals surface area contributed by atoms with Crippen LogP contribution in [0.4, 0.5) is 11.4 Å². The van der Waals surface area contributed by atoms with Gasteiger partial charge in [0.15, 0.2) is 6.10 Å². The van der Waals surface area contributed by atoms with Crippen molar-refractivity contribution in [2.45, 2.75) is 13.0 Å². The Morgan fingerprint density at radius 2 is 2.04 bits per heavy atom. The summed E-state index contributed by atoms with van der Waals surface area (Å²) in [5.74, 6) is -1.60. The van der Waals surface area contributed by atoms with E-state index in [-0.39, 0.29) is 22.1 Å². The van der Waals surface area contributed by atoms with Gasteiger partial charge in [0.2, 0.25) is 5.56 Å². The van der Waals surface area contributed by atoms with Crippen molar-refractivity contribution in [1.29, 1.82) is 0 Å². The maximum absolute atomic E-state index is 12.0. The van der Waals surface area contributed by atoms with Crippen LogP contribution in [-0.2, 0) is 9.53 Å². The number of esters is 1. The second-order valence-corrected chi connectivity index (χ2v) is 5.33. The van der Waals surface area contributed by atoms with Gasteiger partial charge in [0, 0.05) is 23.9 Å². The van der Waals surface area contributed by atoms with Crippen LogP contribution in [0.5, 0.6) is 0 Å². The number of aromatic amines is 1. The Hall–Kier alpha value is -3.20. The van der Waals surface area contributed by atoms with E-state index >= 15 is 0 Å². The van der Waals surface area contributed by atoms with Crippen molar-refractivity contribution in [2.24, 2.45) is 0 Å². The van der Waals surface area contributed by atoms with Crippen molar-refractivity contribution in [3.8, 4) is 0 Å². The van der Waals surface area contributed by atoms with Crippen molar-refractivity contribution in [1.82, 2.24) is 4.98 Å². The fourth-order valence-corrected chi connectivity index (χ4v) is 2.06. The van der Waals surface area contributed by atoms with Gasteiger partial charge >= 0.3 is 5.97 Å². The number of pyridine rings is 1. The second-order valence-electron chi connectivity index (χ2n) is 4.93. The number of carbonyl (C=O) groups excluding carboxylic acids is 2. The zero-order chi connectivity index (χ0) is 18.6. The smallest absolute Gasteiger partial charge is 0.339 e. The van der Waals surface area contributed by atoms with E-state index in [0.29, 0.717) is 0 Å². The summed E-state index contributed by atoms with van der Waals surface area (Å²) in [7, 11) is 0. The van der Waals surface area contributed by atoms with E-state index in [1.165, 1.54) is 37.3 Å². The van der Waals surface area contributed by atoms with Gasteiger partial charge in [-0.15, -0.1) is 0 Å². The molecule has 0 unspecified atom stereocenters. The minimum absolute atomic E-state index is 0.0480. The second kappa shape index (κ2) is 7.58. The molecule has 0 bridgehead atoms. The summed E-state index contributed by atoms with van der Waals surface area (Å²) in [4.78, 5) is 47.6. The Morgan fingerprint density at radius 3 is 2.68 bits per heavy atom. The number of nitrogens with zero attached hydrogens (tertiary/aromatic N) is 1. The number of hydrogen-bond donors (Lipinski definition) is 2. The van der Waals surface area contributed by atoms with Gasteiger partial charge in [-0.05, 0) is 19.1 Å². The predicted molar refractivity (Wildman–Crippen MR) is 88.7 cm³/mol. The largest absolute Gasteiger partial charge is 0.449 e. The van der Waals surface area contributed by atoms with Gasteiger partial charge < -0.3 is 15.0 Å². The normalized spacial score (nSPS) is 11.4. The first-order valence-corrected chi connectivity index (χ1v) is 7.30. The lowest BCUT2D eigenvalue weighted by Gasteiger charge is -2.13. The van der Waals surface area contributed by atoms with Crippen LogP contribution < -0.4 is 10.9 Å². The van der Waals surface area contributed by atoms with Crippen LogP contribution >= 0.6 is 11.6 Å². The molecule has 0 radical (unpaired) electrons. The number of benzene rings is 1. The molecule has 1 aromatic heterocycles. The van der Waals surface area contributed by atoms with Crippen molar-refractivity contribution in [2.75, 3.05) is 5.32 Å². The molecule has 10 heteroatoms. The van der Waals surface area contributed by atoms with E-state index < -0.39 is 28.5 Å². The monoisotopic (exact) mass is 365 g/mol. The molecule has 130 valence electrons. The standard InChI is InChI=1S/C15H12ClN3O6/c1-8(25-15(22)9-5-12(16)18-13(20)6-9)14(21)17-10-3-2-4-11(7-10)19(23)24/h2-8H,1H3,(H,17,21)(H,18,20)/t8-/m1/s1. The minimum Gasteiger partial charge on any atom is -0.449 e. The highest BCUT2D eigenvalue weighted by Crippen LogP contribution is 2.17. The number of ether oxygens (including phenoxy) is 1. The summed E-state index contributed by atoms with van der Waals surface area (Å²) in [6.45, 7) is 1.32. The van der Waals surface area contributed by atoms with Crippen LogP contribution in [-0.4, -0.2) is 27.9 Å². The zero-order valence-corrected chi connectivity index (χ0v) is 13.6. The third-order valence-corrected chi connectivity index (χ3v) is 3.23. The molecule has 0 spiro atoms. The summed E-state index contributed by atoms with van der Waals surface area (Å²) in [6, 6.07) is 7.48. The molecule has 0 aliphatic rings. The zero-order valence-electron chi connectivity index (χ0n) is 12.8. The predicted octanol–water partition coefficient (Wildman–Crippen LogP) is 2.12. The Morgan fingerprint density at radius 1 is 1.32 bits per heavy atom. The van der Waals surface area contributed by atoms with Gasteiger partial charge in [-0.1, -0.05) is 17.7 Å². The third kappa shape index (κ3) is 4.88. The number of hydrogen-bond acceptors (Lipinski definition) is 6. The van der Waals surface area contributed by atoms with E-state index in [4.69, 9.17) is 16.3 Å². The summed E-state index contributed by atoms with van der Waals surface area (Å²) in [5.41, 5.74) is -0.709. The van der Waals surface area contributed by atoms with Crippen LogP contribution in [0, 0.1) is 10.1 Å². The van der Waals surface area contributed by atoms with Gasteiger partial charge in [0.25, 0.3) is 11.6 Å². The molecule has 0 saturated heterocycles. The molecule has 1 amide bonds. The molecule has 9 nitrogen and oxygen atoms in total. The Bertz CT molecular complexity index is 895. The SMILES string of the molecule is C[C@@H](OC(=O)c1cc(Cl)[nH]c(=O)c1)C(=O)Nc1cccc([N+](=O)[O-])c1. The van der Waals surface area contributed by atoms with E-state index in [1.807, 2.05) is 0 Å². The molecule has 2 aromatic rings. The number of non-ortho nitro benzene ring substituents is 1. The molecule has 0 fully saturated rings. The van der Waals surface area contributed by atoms with Gasteiger partial charge in [-0.3, -0.25) is 19.7 Å². The fourth-order valence-electron chi connectivity index (χ4n) is 1.85. The lowest BCUT2D eigenvalue weighted by atomic mass is 10.2. The van der Waals surface area contributed by atoms with Gasteiger partial charge in [0.05, 0.1) is 10.5 Å². The molecular formula is C15H12ClN3O6. The first kappa shape index (κ1) is 18.1. The number of nitrogens with one attached hydrogen (secondary N) is 2. The molecule has 0 aliphatic carbocycles. The molecule has 1 heterocycles. The first-order chi connectivity index (χ1) is 11.8. The third-order valence-electron chi connectivity index (χ3n) is 3.02. The molecule has 1 atom stereocenters. The highest BCUT2D eigenvalue weighted by Gasteiger charge is 2.20. The van der Waals surface area contributed by atoms with E-state index in [2.05, 4.69) is 10.3 Å². The number of carbonyl (C=O) groups is 2. The van der Waals surface area contributed by atoms with Crippen molar-refractivity contribution < 1.29 is 19.2 Å². The molecular weight excluding hydrogens is 354 g/mol. The highest BCUT2D eigenvalue weighted by atomic mass is 35.5. The number of amides is 1. The quantitative estimate of drug-likeness (QED) is 0.361. The number of halogens is 1. The number of rotatable bonds is 5. The maximum atomic E-state index is 12.0. The van der Waals surface area contributed by atoms with Gasteiger partial charge in [-0.25, -0.2) is 4.79 Å². The van der Waals surface area contributed by atoms with E-state index in [1.54, 1.807) is 0 Å². The number of nitro benzene ring substituents is 1. The average Bonchev–Trinajstić information content (AvgIpc) is 2.54. The van der Waals surface area contributed by atoms with Crippen LogP contribution in [0.15, 0.2) is 41.2 Å². The Labute approximate surface area is 145 Å².